The molecule has 3 aliphatic rings. The fourth-order valence-electron chi connectivity index (χ4n) is 5.96. The first kappa shape index (κ1) is 30.4. The summed E-state index contributed by atoms with van der Waals surface area (Å²) in [7, 11) is 1.29. The van der Waals surface area contributed by atoms with Gasteiger partial charge < -0.3 is 30.9 Å². The second-order valence-corrected chi connectivity index (χ2v) is 13.0. The number of aliphatic carboxylic acids is 1. The van der Waals surface area contributed by atoms with Gasteiger partial charge in [0.2, 0.25) is 5.52 Å². The van der Waals surface area contributed by atoms with Gasteiger partial charge >= 0.3 is 5.97 Å². The largest absolute Gasteiger partial charge is 0.477 e. The Labute approximate surface area is 276 Å². The molecule has 14 nitrogen and oxygen atoms in total. The van der Waals surface area contributed by atoms with E-state index in [1.165, 1.54) is 23.8 Å². The van der Waals surface area contributed by atoms with Crippen LogP contribution in [0.25, 0.3) is 11.0 Å². The molecule has 240 valence electrons. The van der Waals surface area contributed by atoms with Crippen LogP contribution in [0.1, 0.15) is 16.8 Å². The molecule has 1 aromatic carbocycles. The summed E-state index contributed by atoms with van der Waals surface area (Å²) in [4.78, 5) is 53.6. The molecule has 4 aromatic rings. The molecule has 5 N–H and O–H groups in total. The number of benzene rings is 1. The van der Waals surface area contributed by atoms with E-state index in [4.69, 9.17) is 10.6 Å². The molecular formula is C31H30N9O5S2+. The zero-order valence-corrected chi connectivity index (χ0v) is 26.8. The van der Waals surface area contributed by atoms with Crippen LogP contribution in [0.4, 0.5) is 5.13 Å². The highest BCUT2D eigenvalue weighted by Crippen LogP contribution is 2.40. The number of oxime groups is 1. The number of β-lactam (4-membered cyclic amide) rings is 1. The predicted molar refractivity (Wildman–Crippen MR) is 177 cm³/mol. The molecule has 3 aliphatic heterocycles. The molecule has 0 radical (unpaired) electrons. The van der Waals surface area contributed by atoms with E-state index in [9.17, 15) is 19.5 Å². The maximum Gasteiger partial charge on any atom is 0.352 e. The van der Waals surface area contributed by atoms with E-state index in [2.05, 4.69) is 54.6 Å². The lowest BCUT2D eigenvalue weighted by molar-refractivity contribution is -0.663. The SMILES string of the molecule is CON=C(C(=O)N[C@@H]1C(=O)N2C(C(=O)O)=C(C[n+]3cccc4c3ccn4Cc3ccc(C4=NCCN4)cc3)CS[C@H]12)c1csc(N)n1. The third kappa shape index (κ3) is 5.69. The lowest BCUT2D eigenvalue weighted by Crippen LogP contribution is -2.71. The second-order valence-electron chi connectivity index (χ2n) is 11.0. The van der Waals surface area contributed by atoms with Gasteiger partial charge in [-0.15, -0.1) is 23.1 Å². The number of rotatable bonds is 10. The van der Waals surface area contributed by atoms with Gasteiger partial charge in [-0.1, -0.05) is 29.4 Å². The number of carboxylic acids is 1. The number of carbonyl (C=O) groups excluding carboxylic acids is 2. The van der Waals surface area contributed by atoms with Gasteiger partial charge in [-0.05, 0) is 11.6 Å². The molecule has 0 unspecified atom stereocenters. The Hall–Kier alpha value is -5.22. The standard InChI is InChI=1S/C31H29N9O5S2/c1-45-37-23(20-16-47-31(32)35-20)27(41)36-24-28(42)40-25(30(43)44)19(15-46-29(24)40)14-38-11-2-3-21-22(38)8-12-39(21)13-17-4-6-18(7-5-17)26-33-9-10-34-26/h2-8,11-12,16,24,29H,9-10,13-15H2,1H3,(H4-,32,33,34,35,36,41,43,44)/p+1/t24-,29-/m1/s1. The number of amides is 2. The van der Waals surface area contributed by atoms with Crippen LogP contribution in [-0.4, -0.2) is 86.3 Å². The number of aliphatic imine (C=N–C) groups is 1. The van der Waals surface area contributed by atoms with Gasteiger partial charge in [0.1, 0.15) is 41.3 Å². The number of carboxylic acid groups (broad SMARTS) is 1. The van der Waals surface area contributed by atoms with Gasteiger partial charge in [-0.2, -0.15) is 4.57 Å². The Bertz CT molecular complexity index is 2000. The summed E-state index contributed by atoms with van der Waals surface area (Å²) in [5, 5.41) is 21.2. The number of pyridine rings is 1. The second kappa shape index (κ2) is 12.5. The molecule has 47 heavy (non-hydrogen) atoms. The van der Waals surface area contributed by atoms with Crippen LogP contribution in [0.15, 0.2) is 81.7 Å². The number of nitrogens with two attached hydrogens (primary N) is 1. The van der Waals surface area contributed by atoms with E-state index in [0.29, 0.717) is 17.9 Å². The van der Waals surface area contributed by atoms with Crippen LogP contribution in [0.3, 0.4) is 0 Å². The van der Waals surface area contributed by atoms with Crippen molar-refractivity contribution >= 4 is 68.6 Å². The van der Waals surface area contributed by atoms with E-state index < -0.39 is 29.2 Å². The minimum absolute atomic E-state index is 0.0623. The molecule has 3 aromatic heterocycles. The molecule has 0 bridgehead atoms. The van der Waals surface area contributed by atoms with Gasteiger partial charge in [0.25, 0.3) is 11.8 Å². The molecule has 1 saturated heterocycles. The van der Waals surface area contributed by atoms with Crippen molar-refractivity contribution in [2.24, 2.45) is 10.1 Å². The molecule has 0 saturated carbocycles. The van der Waals surface area contributed by atoms with Crippen LogP contribution in [0.5, 0.6) is 0 Å². The molecule has 2 amide bonds. The highest BCUT2D eigenvalue weighted by atomic mass is 32.2. The number of anilines is 1. The minimum Gasteiger partial charge on any atom is -0.477 e. The molecule has 16 heteroatoms. The first-order valence-corrected chi connectivity index (χ1v) is 16.6. The zero-order chi connectivity index (χ0) is 32.7. The summed E-state index contributed by atoms with van der Waals surface area (Å²) in [5.74, 6) is -1.10. The molecular weight excluding hydrogens is 643 g/mol. The van der Waals surface area contributed by atoms with E-state index in [0.717, 1.165) is 52.4 Å². The van der Waals surface area contributed by atoms with E-state index in [1.807, 2.05) is 35.2 Å². The highest BCUT2D eigenvalue weighted by Gasteiger charge is 2.55. The number of hydrogen-bond acceptors (Lipinski definition) is 11. The number of nitrogens with zero attached hydrogens (tertiary/aromatic N) is 6. The smallest absolute Gasteiger partial charge is 0.352 e. The van der Waals surface area contributed by atoms with Gasteiger partial charge in [0.15, 0.2) is 23.6 Å². The minimum atomic E-state index is -1.20. The third-order valence-corrected chi connectivity index (χ3v) is 10.1. The van der Waals surface area contributed by atoms with E-state index in [-0.39, 0.29) is 28.8 Å². The van der Waals surface area contributed by atoms with Gasteiger partial charge in [0.05, 0.1) is 6.54 Å². The Balaban J connectivity index is 1.09. The predicted octanol–water partition coefficient (Wildman–Crippen LogP) is 1.15. The van der Waals surface area contributed by atoms with E-state index in [1.54, 1.807) is 5.38 Å². The average molecular weight is 673 g/mol. The third-order valence-electron chi connectivity index (χ3n) is 8.13. The maximum absolute atomic E-state index is 13.3. The molecule has 0 spiro atoms. The van der Waals surface area contributed by atoms with Crippen molar-refractivity contribution in [3.05, 3.63) is 88.3 Å². The van der Waals surface area contributed by atoms with Crippen LogP contribution >= 0.6 is 23.1 Å². The number of nitrogen functional groups attached to an aromatic ring is 1. The summed E-state index contributed by atoms with van der Waals surface area (Å²) in [6.45, 7) is 2.60. The summed E-state index contributed by atoms with van der Waals surface area (Å²) in [6, 6.07) is 13.4. The molecule has 7 rings (SSSR count). The maximum atomic E-state index is 13.3. The number of thiazole rings is 1. The van der Waals surface area contributed by atoms with Crippen molar-refractivity contribution in [1.29, 1.82) is 0 Å². The van der Waals surface area contributed by atoms with Crippen molar-refractivity contribution in [1.82, 2.24) is 25.1 Å². The summed E-state index contributed by atoms with van der Waals surface area (Å²) in [5.41, 5.74) is 10.5. The Morgan fingerprint density at radius 2 is 2.09 bits per heavy atom. The monoisotopic (exact) mass is 672 g/mol. The Morgan fingerprint density at radius 1 is 1.26 bits per heavy atom. The number of amidine groups is 1. The quantitative estimate of drug-likeness (QED) is 0.0832. The van der Waals surface area contributed by atoms with Crippen molar-refractivity contribution in [3.8, 4) is 0 Å². The van der Waals surface area contributed by atoms with Crippen LogP contribution in [-0.2, 0) is 32.3 Å². The summed E-state index contributed by atoms with van der Waals surface area (Å²) < 4.78 is 4.15. The molecule has 0 aliphatic carbocycles. The Kier molecular flexibility index (Phi) is 8.11. The zero-order valence-electron chi connectivity index (χ0n) is 25.1. The Morgan fingerprint density at radius 3 is 2.79 bits per heavy atom. The fraction of sp³-hybridized carbons (Fsp3) is 0.258. The molecule has 1 fully saturated rings. The van der Waals surface area contributed by atoms with Gasteiger partial charge in [0, 0.05) is 53.7 Å². The summed E-state index contributed by atoms with van der Waals surface area (Å²) >= 11 is 2.53. The van der Waals surface area contributed by atoms with Gasteiger partial charge in [-0.25, -0.2) is 9.78 Å². The molecule has 6 heterocycles. The van der Waals surface area contributed by atoms with Crippen molar-refractivity contribution in [2.45, 2.75) is 24.5 Å². The lowest BCUT2D eigenvalue weighted by Gasteiger charge is -2.49. The van der Waals surface area contributed by atoms with E-state index >= 15 is 0 Å². The van der Waals surface area contributed by atoms with Crippen LogP contribution in [0.2, 0.25) is 0 Å². The number of fused-ring (bicyclic) bond motifs is 2. The number of hydrogen-bond donors (Lipinski definition) is 4. The number of thioether (sulfide) groups is 1. The molecule has 2 atom stereocenters. The topological polar surface area (TPSA) is 180 Å². The average Bonchev–Trinajstić information content (AvgIpc) is 3.85. The number of nitrogens with one attached hydrogen (secondary N) is 2. The lowest BCUT2D eigenvalue weighted by atomic mass is 10.0. The van der Waals surface area contributed by atoms with Crippen molar-refractivity contribution in [2.75, 3.05) is 31.7 Å². The van der Waals surface area contributed by atoms with Crippen molar-refractivity contribution < 1.29 is 28.9 Å². The number of aromatic nitrogens is 3. The van der Waals surface area contributed by atoms with Crippen LogP contribution < -0.4 is 20.9 Å². The first-order valence-electron chi connectivity index (χ1n) is 14.7. The first-order chi connectivity index (χ1) is 22.8. The van der Waals surface area contributed by atoms with Crippen LogP contribution in [0, 0.1) is 0 Å². The van der Waals surface area contributed by atoms with Crippen molar-refractivity contribution in [3.63, 3.8) is 0 Å². The summed E-state index contributed by atoms with van der Waals surface area (Å²) in [6.07, 6.45) is 3.92. The highest BCUT2D eigenvalue weighted by molar-refractivity contribution is 8.00. The fourth-order valence-corrected chi connectivity index (χ4v) is 7.84. The normalized spacial score (nSPS) is 19.3. The number of carbonyl (C=O) groups is 3. The van der Waals surface area contributed by atoms with Gasteiger partial charge in [-0.3, -0.25) is 19.5 Å².